The summed E-state index contributed by atoms with van der Waals surface area (Å²) in [4.78, 5) is 24.1. The standard InChI is InChI=1S/C25H25BrFN11O/c26-15-10-29-38(12-15)17-8-20(24(39)30-16-5-6-21(27)28-11-16)36(13-17)25-32-23(19-2-1-7-37(19)35-25)31-22-9-18(33-34-22)14-3-4-14/h1-2,5-7,9-11,14-15,17,20H,3-4,8,12-13H2,(H,30,39)(H2,31,32,33,34,35)/t15?,17-,20-/m0/s1. The van der Waals surface area contributed by atoms with E-state index >= 15 is 0 Å². The third-order valence-electron chi connectivity index (χ3n) is 7.23. The molecule has 3 atom stereocenters. The van der Waals surface area contributed by atoms with E-state index in [0.717, 1.165) is 11.2 Å². The molecular weight excluding hydrogens is 569 g/mol. The molecular formula is C25H25BrFN11O. The van der Waals surface area contributed by atoms with Crippen LogP contribution in [0, 0.1) is 5.95 Å². The van der Waals surface area contributed by atoms with E-state index in [1.54, 1.807) is 4.52 Å². The fraction of sp³-hybridized carbons (Fsp3) is 0.360. The van der Waals surface area contributed by atoms with Gasteiger partial charge in [-0.05, 0) is 37.1 Å². The second kappa shape index (κ2) is 9.59. The van der Waals surface area contributed by atoms with Crippen LogP contribution in [-0.2, 0) is 4.79 Å². The van der Waals surface area contributed by atoms with E-state index in [2.05, 4.69) is 46.8 Å². The van der Waals surface area contributed by atoms with Gasteiger partial charge in [0, 0.05) is 43.1 Å². The molecule has 3 aliphatic rings. The number of halogens is 2. The Hall–Kier alpha value is -4.07. The Morgan fingerprint density at radius 2 is 2.10 bits per heavy atom. The van der Waals surface area contributed by atoms with Gasteiger partial charge in [0.25, 0.3) is 0 Å². The first kappa shape index (κ1) is 24.0. The van der Waals surface area contributed by atoms with Crippen molar-refractivity contribution in [3.63, 3.8) is 0 Å². The van der Waals surface area contributed by atoms with Crippen molar-refractivity contribution in [2.75, 3.05) is 28.6 Å². The first-order valence-corrected chi connectivity index (χ1v) is 13.7. The second-order valence-electron chi connectivity index (χ2n) is 10.0. The predicted molar refractivity (Wildman–Crippen MR) is 147 cm³/mol. The number of nitrogens with one attached hydrogen (secondary N) is 3. The number of carbonyl (C=O) groups is 1. The average Bonchev–Trinajstić information content (AvgIpc) is 3.33. The summed E-state index contributed by atoms with van der Waals surface area (Å²) in [5, 5.41) is 25.0. The van der Waals surface area contributed by atoms with Crippen LogP contribution >= 0.6 is 15.9 Å². The predicted octanol–water partition coefficient (Wildman–Crippen LogP) is 3.26. The van der Waals surface area contributed by atoms with Crippen LogP contribution in [0.2, 0.25) is 0 Å². The van der Waals surface area contributed by atoms with Crippen LogP contribution < -0.4 is 15.5 Å². The van der Waals surface area contributed by atoms with Crippen molar-refractivity contribution in [3.05, 3.63) is 54.4 Å². The lowest BCUT2D eigenvalue weighted by Crippen LogP contribution is -2.41. The molecule has 7 rings (SSSR count). The molecule has 4 aromatic rings. The maximum atomic E-state index is 13.5. The van der Waals surface area contributed by atoms with E-state index < -0.39 is 12.0 Å². The maximum absolute atomic E-state index is 13.5. The summed E-state index contributed by atoms with van der Waals surface area (Å²) in [6, 6.07) is 7.92. The van der Waals surface area contributed by atoms with Crippen molar-refractivity contribution in [2.45, 2.75) is 42.1 Å². The fourth-order valence-electron chi connectivity index (χ4n) is 5.11. The Morgan fingerprint density at radius 1 is 1.21 bits per heavy atom. The van der Waals surface area contributed by atoms with E-state index in [4.69, 9.17) is 10.1 Å². The summed E-state index contributed by atoms with van der Waals surface area (Å²) >= 11 is 3.59. The lowest BCUT2D eigenvalue weighted by molar-refractivity contribution is -0.117. The van der Waals surface area contributed by atoms with Crippen molar-refractivity contribution < 1.29 is 9.18 Å². The second-order valence-corrected chi connectivity index (χ2v) is 11.2. The number of rotatable bonds is 7. The van der Waals surface area contributed by atoms with Crippen molar-refractivity contribution in [1.82, 2.24) is 34.8 Å². The van der Waals surface area contributed by atoms with Gasteiger partial charge in [0.2, 0.25) is 17.8 Å². The number of aromatic amines is 1. The Kier molecular flexibility index (Phi) is 5.90. The van der Waals surface area contributed by atoms with Crippen LogP contribution in [0.5, 0.6) is 0 Å². The van der Waals surface area contributed by atoms with Crippen LogP contribution in [0.3, 0.4) is 0 Å². The molecule has 2 aliphatic heterocycles. The molecule has 6 heterocycles. The molecule has 200 valence electrons. The number of H-pyrrole nitrogens is 1. The molecule has 0 spiro atoms. The number of nitrogens with zero attached hydrogens (tertiary/aromatic N) is 8. The summed E-state index contributed by atoms with van der Waals surface area (Å²) in [6.45, 7) is 1.21. The lowest BCUT2D eigenvalue weighted by atomic mass is 10.1. The summed E-state index contributed by atoms with van der Waals surface area (Å²) < 4.78 is 15.1. The smallest absolute Gasteiger partial charge is 0.247 e. The lowest BCUT2D eigenvalue weighted by Gasteiger charge is -2.25. The quantitative estimate of drug-likeness (QED) is 0.220. The van der Waals surface area contributed by atoms with Gasteiger partial charge in [0.15, 0.2) is 11.6 Å². The molecule has 14 heteroatoms. The third kappa shape index (κ3) is 4.80. The zero-order valence-corrected chi connectivity index (χ0v) is 22.3. The zero-order valence-electron chi connectivity index (χ0n) is 20.7. The van der Waals surface area contributed by atoms with Crippen molar-refractivity contribution >= 4 is 56.8 Å². The van der Waals surface area contributed by atoms with E-state index in [1.165, 1.54) is 31.2 Å². The van der Waals surface area contributed by atoms with Gasteiger partial charge in [-0.3, -0.25) is 14.9 Å². The molecule has 1 amide bonds. The molecule has 12 nitrogen and oxygen atoms in total. The van der Waals surface area contributed by atoms with Crippen LogP contribution in [0.15, 0.2) is 47.8 Å². The minimum absolute atomic E-state index is 0.0290. The number of pyridine rings is 1. The highest BCUT2D eigenvalue weighted by molar-refractivity contribution is 9.10. The summed E-state index contributed by atoms with van der Waals surface area (Å²) in [5.74, 6) is 1.35. The largest absolute Gasteiger partial charge is 0.325 e. The Morgan fingerprint density at radius 3 is 2.87 bits per heavy atom. The third-order valence-corrected chi connectivity index (χ3v) is 7.76. The molecule has 4 aromatic heterocycles. The first-order valence-electron chi connectivity index (χ1n) is 12.8. The molecule has 0 aromatic carbocycles. The number of aromatic nitrogens is 6. The van der Waals surface area contributed by atoms with Gasteiger partial charge in [-0.15, -0.1) is 5.10 Å². The van der Waals surface area contributed by atoms with E-state index in [9.17, 15) is 9.18 Å². The van der Waals surface area contributed by atoms with E-state index in [0.29, 0.717) is 48.7 Å². The summed E-state index contributed by atoms with van der Waals surface area (Å²) in [7, 11) is 0. The van der Waals surface area contributed by atoms with Crippen molar-refractivity contribution in [1.29, 1.82) is 0 Å². The monoisotopic (exact) mass is 593 g/mol. The summed E-state index contributed by atoms with van der Waals surface area (Å²) in [6.07, 6.45) is 7.86. The number of amides is 1. The number of anilines is 4. The Labute approximate surface area is 230 Å². The molecule has 1 saturated heterocycles. The van der Waals surface area contributed by atoms with Gasteiger partial charge in [-0.2, -0.15) is 19.6 Å². The highest BCUT2D eigenvalue weighted by atomic mass is 79.9. The van der Waals surface area contributed by atoms with Crippen LogP contribution in [0.1, 0.15) is 30.9 Å². The van der Waals surface area contributed by atoms with Gasteiger partial charge in [0.05, 0.1) is 29.3 Å². The fourth-order valence-corrected chi connectivity index (χ4v) is 5.51. The topological polar surface area (TPSA) is 132 Å². The van der Waals surface area contributed by atoms with Crippen LogP contribution in [0.25, 0.3) is 5.52 Å². The number of hydrogen-bond acceptors (Lipinski definition) is 9. The minimum Gasteiger partial charge on any atom is -0.325 e. The first-order chi connectivity index (χ1) is 19.0. The average molecular weight is 594 g/mol. The van der Waals surface area contributed by atoms with Gasteiger partial charge in [0.1, 0.15) is 11.6 Å². The van der Waals surface area contributed by atoms with Gasteiger partial charge < -0.3 is 15.5 Å². The van der Waals surface area contributed by atoms with E-state index in [-0.39, 0.29) is 16.8 Å². The number of hydrogen-bond donors (Lipinski definition) is 3. The van der Waals surface area contributed by atoms with E-state index in [1.807, 2.05) is 40.5 Å². The zero-order chi connectivity index (χ0) is 26.5. The molecule has 3 N–H and O–H groups in total. The molecule has 1 aliphatic carbocycles. The highest BCUT2D eigenvalue weighted by Crippen LogP contribution is 2.40. The Balaban J connectivity index is 1.21. The molecule has 0 radical (unpaired) electrons. The molecule has 39 heavy (non-hydrogen) atoms. The van der Waals surface area contributed by atoms with Gasteiger partial charge in [-0.25, -0.2) is 9.50 Å². The SMILES string of the molecule is O=C(Nc1ccc(F)nc1)[C@@H]1C[C@H](N2CC(Br)C=N2)CN1c1nc(Nc2cc(C3CC3)[nH]n2)c2cccn2n1. The Bertz CT molecular complexity index is 1550. The maximum Gasteiger partial charge on any atom is 0.247 e. The van der Waals surface area contributed by atoms with Gasteiger partial charge >= 0.3 is 0 Å². The normalized spacial score (nSPS) is 22.7. The number of carbonyl (C=O) groups excluding carboxylic acids is 1. The number of alkyl halides is 1. The van der Waals surface area contributed by atoms with Crippen molar-refractivity contribution in [3.8, 4) is 0 Å². The molecule has 0 bridgehead atoms. The molecule has 2 fully saturated rings. The molecule has 1 unspecified atom stereocenters. The summed E-state index contributed by atoms with van der Waals surface area (Å²) in [5.41, 5.74) is 2.32. The minimum atomic E-state index is -0.610. The van der Waals surface area contributed by atoms with Gasteiger partial charge in [-0.1, -0.05) is 15.9 Å². The molecule has 1 saturated carbocycles. The van der Waals surface area contributed by atoms with Crippen LogP contribution in [0.4, 0.5) is 27.7 Å². The van der Waals surface area contributed by atoms with Crippen molar-refractivity contribution in [2.24, 2.45) is 5.10 Å². The van der Waals surface area contributed by atoms with Crippen LogP contribution in [-0.4, -0.2) is 76.9 Å². The highest BCUT2D eigenvalue weighted by Gasteiger charge is 2.42. The number of fused-ring (bicyclic) bond motifs is 1. The number of hydrazone groups is 1.